The van der Waals surface area contributed by atoms with Crippen LogP contribution in [0.2, 0.25) is 0 Å². The first-order chi connectivity index (χ1) is 9.39. The van der Waals surface area contributed by atoms with E-state index < -0.39 is 28.0 Å². The first-order valence-corrected chi connectivity index (χ1v) is 8.12. The van der Waals surface area contributed by atoms with Crippen molar-refractivity contribution in [2.45, 2.75) is 23.8 Å². The zero-order chi connectivity index (χ0) is 14.9. The molecule has 0 amide bonds. The highest BCUT2D eigenvalue weighted by Gasteiger charge is 2.41. The van der Waals surface area contributed by atoms with Crippen LogP contribution in [0.15, 0.2) is 16.3 Å². The number of thiophene rings is 1. The molecule has 2 heterocycles. The molecule has 0 aromatic carbocycles. The number of carbonyl (C=O) groups is 2. The predicted octanol–water partition coefficient (Wildman–Crippen LogP) is 0.772. The molecule has 0 aliphatic carbocycles. The molecule has 1 fully saturated rings. The van der Waals surface area contributed by atoms with Crippen LogP contribution < -0.4 is 0 Å². The van der Waals surface area contributed by atoms with Crippen LogP contribution in [0.1, 0.15) is 22.5 Å². The number of carbonyl (C=O) groups excluding carboxylic acids is 1. The molecule has 1 aromatic rings. The molecule has 1 aliphatic heterocycles. The number of esters is 1. The second kappa shape index (κ2) is 5.51. The lowest BCUT2D eigenvalue weighted by Crippen LogP contribution is -2.40. The molecule has 0 spiro atoms. The Bertz CT molecular complexity index is 635. The minimum atomic E-state index is -4.01. The molecule has 110 valence electrons. The van der Waals surface area contributed by atoms with Crippen LogP contribution >= 0.6 is 11.3 Å². The number of nitrogens with zero attached hydrogens (tertiary/aromatic N) is 1. The molecule has 1 atom stereocenters. The minimum absolute atomic E-state index is 0.0384. The van der Waals surface area contributed by atoms with Gasteiger partial charge in [-0.3, -0.25) is 4.79 Å². The summed E-state index contributed by atoms with van der Waals surface area (Å²) < 4.78 is 30.5. The molecule has 0 bridgehead atoms. The van der Waals surface area contributed by atoms with Gasteiger partial charge in [0.1, 0.15) is 15.8 Å². The molecule has 1 saturated heterocycles. The van der Waals surface area contributed by atoms with Crippen LogP contribution in [0.3, 0.4) is 0 Å². The van der Waals surface area contributed by atoms with Gasteiger partial charge in [-0.2, -0.15) is 4.31 Å². The number of methoxy groups -OCH3 is 1. The number of ether oxygens (including phenoxy) is 1. The number of hydrogen-bond donors (Lipinski definition) is 1. The Morgan fingerprint density at radius 1 is 1.50 bits per heavy atom. The fraction of sp³-hybridized carbons (Fsp3) is 0.455. The number of aliphatic carboxylic acids is 1. The van der Waals surface area contributed by atoms with Crippen LogP contribution in [-0.2, 0) is 19.6 Å². The molecule has 2 rings (SSSR count). The maximum absolute atomic E-state index is 12.5. The highest BCUT2D eigenvalue weighted by Crippen LogP contribution is 2.30. The quantitative estimate of drug-likeness (QED) is 0.823. The molecule has 1 aliphatic rings. The van der Waals surface area contributed by atoms with Gasteiger partial charge in [0.2, 0.25) is 10.0 Å². The summed E-state index contributed by atoms with van der Waals surface area (Å²) >= 11 is 0.950. The number of carboxylic acid groups (broad SMARTS) is 1. The Morgan fingerprint density at radius 2 is 2.20 bits per heavy atom. The van der Waals surface area contributed by atoms with Crippen molar-refractivity contribution in [3.8, 4) is 0 Å². The lowest BCUT2D eigenvalue weighted by molar-refractivity contribution is -0.140. The summed E-state index contributed by atoms with van der Waals surface area (Å²) in [7, 11) is -2.85. The molecule has 9 heteroatoms. The van der Waals surface area contributed by atoms with E-state index in [0.717, 1.165) is 22.8 Å². The zero-order valence-corrected chi connectivity index (χ0v) is 12.2. The maximum Gasteiger partial charge on any atom is 0.349 e. The number of rotatable bonds is 4. The Hall–Kier alpha value is -1.45. The van der Waals surface area contributed by atoms with E-state index in [0.29, 0.717) is 6.42 Å². The van der Waals surface area contributed by atoms with E-state index in [1.165, 1.54) is 11.4 Å². The van der Waals surface area contributed by atoms with Crippen molar-refractivity contribution in [3.63, 3.8) is 0 Å². The number of carboxylic acids is 1. The Kier molecular flexibility index (Phi) is 4.11. The van der Waals surface area contributed by atoms with E-state index in [1.807, 2.05) is 0 Å². The zero-order valence-electron chi connectivity index (χ0n) is 10.6. The highest BCUT2D eigenvalue weighted by molar-refractivity contribution is 7.89. The van der Waals surface area contributed by atoms with Gasteiger partial charge in [0.15, 0.2) is 0 Å². The van der Waals surface area contributed by atoms with E-state index in [4.69, 9.17) is 5.11 Å². The minimum Gasteiger partial charge on any atom is -0.480 e. The molecule has 0 unspecified atom stereocenters. The molecular weight excluding hydrogens is 306 g/mol. The normalized spacial score (nSPS) is 19.9. The van der Waals surface area contributed by atoms with E-state index in [-0.39, 0.29) is 22.7 Å². The molecule has 0 saturated carbocycles. The predicted molar refractivity (Wildman–Crippen MR) is 70.2 cm³/mol. The van der Waals surface area contributed by atoms with Crippen LogP contribution in [0, 0.1) is 0 Å². The van der Waals surface area contributed by atoms with Gasteiger partial charge in [-0.1, -0.05) is 0 Å². The summed E-state index contributed by atoms with van der Waals surface area (Å²) in [5, 5.41) is 10.5. The van der Waals surface area contributed by atoms with Crippen molar-refractivity contribution >= 4 is 33.3 Å². The van der Waals surface area contributed by atoms with Gasteiger partial charge in [-0.05, 0) is 24.3 Å². The van der Waals surface area contributed by atoms with Crippen LogP contribution in [0.4, 0.5) is 0 Å². The van der Waals surface area contributed by atoms with Crippen molar-refractivity contribution in [2.24, 2.45) is 0 Å². The SMILES string of the molecule is COC(=O)c1sccc1S(=O)(=O)N1CCC[C@H]1C(=O)O. The second-order valence-corrected chi connectivity index (χ2v) is 6.99. The van der Waals surface area contributed by atoms with Gasteiger partial charge >= 0.3 is 11.9 Å². The summed E-state index contributed by atoms with van der Waals surface area (Å²) in [6.45, 7) is 0.135. The third-order valence-corrected chi connectivity index (χ3v) is 6.05. The van der Waals surface area contributed by atoms with Crippen molar-refractivity contribution in [2.75, 3.05) is 13.7 Å². The van der Waals surface area contributed by atoms with Crippen molar-refractivity contribution in [3.05, 3.63) is 16.3 Å². The van der Waals surface area contributed by atoms with E-state index >= 15 is 0 Å². The monoisotopic (exact) mass is 319 g/mol. The van der Waals surface area contributed by atoms with Gasteiger partial charge < -0.3 is 9.84 Å². The van der Waals surface area contributed by atoms with Crippen LogP contribution in [-0.4, -0.2) is 49.5 Å². The van der Waals surface area contributed by atoms with Crippen LogP contribution in [0.5, 0.6) is 0 Å². The lowest BCUT2D eigenvalue weighted by atomic mass is 10.2. The summed E-state index contributed by atoms with van der Waals surface area (Å²) in [4.78, 5) is 22.4. The average molecular weight is 319 g/mol. The van der Waals surface area contributed by atoms with Crippen LogP contribution in [0.25, 0.3) is 0 Å². The largest absolute Gasteiger partial charge is 0.480 e. The Morgan fingerprint density at radius 3 is 2.80 bits per heavy atom. The summed E-state index contributed by atoms with van der Waals surface area (Å²) in [6.07, 6.45) is 0.750. The van der Waals surface area contributed by atoms with Gasteiger partial charge in [0, 0.05) is 6.54 Å². The lowest BCUT2D eigenvalue weighted by Gasteiger charge is -2.20. The summed E-state index contributed by atoms with van der Waals surface area (Å²) in [6, 6.07) is 0.217. The van der Waals surface area contributed by atoms with Gasteiger partial charge in [0.25, 0.3) is 0 Å². The average Bonchev–Trinajstić information content (AvgIpc) is 3.06. The second-order valence-electron chi connectivity index (χ2n) is 4.22. The summed E-state index contributed by atoms with van der Waals surface area (Å²) in [5.41, 5.74) is 0. The molecule has 20 heavy (non-hydrogen) atoms. The third-order valence-electron chi connectivity index (χ3n) is 3.08. The third kappa shape index (κ3) is 2.43. The Labute approximate surface area is 119 Å². The number of hydrogen-bond acceptors (Lipinski definition) is 6. The van der Waals surface area contributed by atoms with Crippen molar-refractivity contribution < 1.29 is 27.9 Å². The molecular formula is C11H13NO6S2. The fourth-order valence-electron chi connectivity index (χ4n) is 2.14. The van der Waals surface area contributed by atoms with E-state index in [2.05, 4.69) is 4.74 Å². The smallest absolute Gasteiger partial charge is 0.349 e. The van der Waals surface area contributed by atoms with E-state index in [9.17, 15) is 18.0 Å². The molecule has 1 N–H and O–H groups in total. The maximum atomic E-state index is 12.5. The molecule has 1 aromatic heterocycles. The number of sulfonamides is 1. The highest BCUT2D eigenvalue weighted by atomic mass is 32.2. The van der Waals surface area contributed by atoms with Crippen molar-refractivity contribution in [1.82, 2.24) is 4.31 Å². The molecule has 0 radical (unpaired) electrons. The topological polar surface area (TPSA) is 101 Å². The van der Waals surface area contributed by atoms with Gasteiger partial charge in [-0.15, -0.1) is 11.3 Å². The summed E-state index contributed by atoms with van der Waals surface area (Å²) in [5.74, 6) is -1.93. The fourth-order valence-corrected chi connectivity index (χ4v) is 5.10. The first-order valence-electron chi connectivity index (χ1n) is 5.80. The van der Waals surface area contributed by atoms with Gasteiger partial charge in [0.05, 0.1) is 7.11 Å². The van der Waals surface area contributed by atoms with E-state index in [1.54, 1.807) is 0 Å². The first kappa shape index (κ1) is 14.9. The standard InChI is InChI=1S/C11H13NO6S2/c1-18-11(15)9-8(4-6-19-9)20(16,17)12-5-2-3-7(12)10(13)14/h4,6-7H,2-3,5H2,1H3,(H,13,14)/t7-/m0/s1. The van der Waals surface area contributed by atoms with Crippen molar-refractivity contribution in [1.29, 1.82) is 0 Å². The Balaban J connectivity index is 2.43. The van der Waals surface area contributed by atoms with Gasteiger partial charge in [-0.25, -0.2) is 13.2 Å². The molecule has 7 nitrogen and oxygen atoms in total.